The molecule has 2 aromatic rings. The first kappa shape index (κ1) is 17.0. The molecule has 0 radical (unpaired) electrons. The second-order valence-corrected chi connectivity index (χ2v) is 6.66. The summed E-state index contributed by atoms with van der Waals surface area (Å²) in [6, 6.07) is 0. The molecule has 12 nitrogen and oxygen atoms in total. The number of nitrogens with zero attached hydrogens (tertiary/aromatic N) is 4. The van der Waals surface area contributed by atoms with E-state index >= 15 is 0 Å². The van der Waals surface area contributed by atoms with Gasteiger partial charge in [-0.05, 0) is 0 Å². The van der Waals surface area contributed by atoms with Gasteiger partial charge in [0.2, 0.25) is 11.8 Å². The molecule has 1 aliphatic rings. The average Bonchev–Trinajstić information content (AvgIpc) is 3.01. The summed E-state index contributed by atoms with van der Waals surface area (Å²) in [5, 5.41) is 20.8. The summed E-state index contributed by atoms with van der Waals surface area (Å²) in [6.07, 6.45) is -4.19. The third kappa shape index (κ3) is 2.34. The van der Waals surface area contributed by atoms with E-state index in [4.69, 9.17) is 25.2 Å². The number of ether oxygens (including phenoxy) is 1. The molecule has 0 amide bonds. The van der Waals surface area contributed by atoms with E-state index in [9.17, 15) is 19.4 Å². The molecule has 0 aliphatic carbocycles. The number of aliphatic hydroxyl groups excluding tert-OH is 1. The van der Waals surface area contributed by atoms with Gasteiger partial charge < -0.3 is 20.7 Å². The Morgan fingerprint density at radius 1 is 1.46 bits per heavy atom. The molecule has 0 bridgehead atoms. The summed E-state index contributed by atoms with van der Waals surface area (Å²) in [7, 11) is -5.04. The van der Waals surface area contributed by atoms with E-state index in [0.29, 0.717) is 4.57 Å². The highest BCUT2D eigenvalue weighted by atomic mass is 31.2. The summed E-state index contributed by atoms with van der Waals surface area (Å²) in [5.41, 5.74) is 0.695. The van der Waals surface area contributed by atoms with Gasteiger partial charge >= 0.3 is 19.5 Å². The molecule has 0 spiro atoms. The SMILES string of the molecule is Nc1nc(F)nc2c1ncn2[C@@]1(O)[C@H](O)CO[C@@H]1C(=O)[P+](O)(O)O. The van der Waals surface area contributed by atoms with Gasteiger partial charge in [-0.15, -0.1) is 0 Å². The minimum absolute atomic E-state index is 0.131. The minimum atomic E-state index is -5.04. The first-order valence-electron chi connectivity index (χ1n) is 6.37. The number of fused-ring (bicyclic) bond motifs is 1. The van der Waals surface area contributed by atoms with Gasteiger partial charge in [0, 0.05) is 0 Å². The molecule has 14 heteroatoms. The lowest BCUT2D eigenvalue weighted by molar-refractivity contribution is -0.155. The van der Waals surface area contributed by atoms with Gasteiger partial charge in [0.15, 0.2) is 17.0 Å². The number of hydrogen-bond acceptors (Lipinski definition) is 11. The van der Waals surface area contributed by atoms with Crippen LogP contribution in [0.1, 0.15) is 0 Å². The molecule has 3 rings (SSSR count). The molecule has 3 heterocycles. The number of imidazole rings is 1. The Hall–Kier alpha value is -1.86. The van der Waals surface area contributed by atoms with Gasteiger partial charge in [-0.25, -0.2) is 9.78 Å². The summed E-state index contributed by atoms with van der Waals surface area (Å²) in [4.78, 5) is 49.7. The van der Waals surface area contributed by atoms with Crippen LogP contribution in [0.2, 0.25) is 0 Å². The number of hydrogen-bond donors (Lipinski definition) is 6. The number of aliphatic hydroxyl groups is 2. The van der Waals surface area contributed by atoms with E-state index < -0.39 is 44.1 Å². The molecular weight excluding hydrogens is 352 g/mol. The standard InChI is InChI=1S/C10H12FN5O7P/c11-9-14-6(12)4-7(15-9)16(2-13-4)10(19)3(17)1-23-5(10)8(18)24(20,21)22/h2-3,5,17,19-22H,1H2,(H2,12,14,15)/q+1/t3-,5-,10-/m1/s1. The molecule has 1 aliphatic heterocycles. The van der Waals surface area contributed by atoms with Crippen LogP contribution in [0.4, 0.5) is 10.2 Å². The fraction of sp³-hybridized carbons (Fsp3) is 0.400. The van der Waals surface area contributed by atoms with Gasteiger partial charge in [0.1, 0.15) is 6.10 Å². The summed E-state index contributed by atoms with van der Waals surface area (Å²) in [5.74, 6) is -0.357. The molecular formula is C10H12FN5O7P+. The smallest absolute Gasteiger partial charge is 0.386 e. The predicted molar refractivity (Wildman–Crippen MR) is 74.2 cm³/mol. The molecule has 2 aromatic heterocycles. The van der Waals surface area contributed by atoms with Gasteiger partial charge in [0.05, 0.1) is 12.9 Å². The summed E-state index contributed by atoms with van der Waals surface area (Å²) >= 11 is 0. The Balaban J connectivity index is 2.20. The molecule has 1 fully saturated rings. The Kier molecular flexibility index (Phi) is 3.77. The van der Waals surface area contributed by atoms with Crippen LogP contribution in [-0.2, 0) is 15.3 Å². The monoisotopic (exact) mass is 364 g/mol. The van der Waals surface area contributed by atoms with Crippen molar-refractivity contribution in [2.45, 2.75) is 17.9 Å². The van der Waals surface area contributed by atoms with Crippen molar-refractivity contribution >= 4 is 30.4 Å². The molecule has 0 saturated carbocycles. The summed E-state index contributed by atoms with van der Waals surface area (Å²) in [6.45, 7) is -0.588. The molecule has 3 atom stereocenters. The Morgan fingerprint density at radius 2 is 2.12 bits per heavy atom. The van der Waals surface area contributed by atoms with E-state index in [0.717, 1.165) is 6.33 Å². The number of carbonyl (C=O) groups excluding carboxylic acids is 1. The highest BCUT2D eigenvalue weighted by molar-refractivity contribution is 7.76. The maximum atomic E-state index is 13.4. The Bertz CT molecular complexity index is 826. The molecule has 1 saturated heterocycles. The number of nitrogens with two attached hydrogens (primary N) is 1. The number of carbonyl (C=O) groups is 1. The van der Waals surface area contributed by atoms with Gasteiger partial charge in [-0.1, -0.05) is 0 Å². The van der Waals surface area contributed by atoms with Crippen LogP contribution in [0.5, 0.6) is 0 Å². The fourth-order valence-corrected chi connectivity index (χ4v) is 3.04. The van der Waals surface area contributed by atoms with Crippen molar-refractivity contribution < 1.29 is 38.8 Å². The van der Waals surface area contributed by atoms with E-state index in [1.54, 1.807) is 0 Å². The van der Waals surface area contributed by atoms with Gasteiger partial charge in [-0.3, -0.25) is 4.57 Å². The van der Waals surface area contributed by atoms with Crippen molar-refractivity contribution in [3.8, 4) is 0 Å². The first-order valence-corrected chi connectivity index (χ1v) is 8.01. The lowest BCUT2D eigenvalue weighted by Crippen LogP contribution is -2.52. The van der Waals surface area contributed by atoms with Crippen LogP contribution in [0.3, 0.4) is 0 Å². The van der Waals surface area contributed by atoms with E-state index in [1.165, 1.54) is 0 Å². The zero-order valence-corrected chi connectivity index (χ0v) is 12.6. The Labute approximate surface area is 132 Å². The molecule has 0 unspecified atom stereocenters. The van der Waals surface area contributed by atoms with Crippen molar-refractivity contribution in [3.63, 3.8) is 0 Å². The molecule has 130 valence electrons. The molecule has 7 N–H and O–H groups in total. The van der Waals surface area contributed by atoms with Crippen molar-refractivity contribution in [3.05, 3.63) is 12.4 Å². The van der Waals surface area contributed by atoms with E-state index in [-0.39, 0.29) is 17.0 Å². The van der Waals surface area contributed by atoms with Crippen LogP contribution in [0.25, 0.3) is 11.2 Å². The van der Waals surface area contributed by atoms with Crippen molar-refractivity contribution in [2.75, 3.05) is 12.3 Å². The zero-order valence-electron chi connectivity index (χ0n) is 11.7. The van der Waals surface area contributed by atoms with Gasteiger partial charge in [0.25, 0.3) is 0 Å². The third-order valence-corrected chi connectivity index (χ3v) is 4.42. The minimum Gasteiger partial charge on any atom is -0.386 e. The quantitative estimate of drug-likeness (QED) is 0.243. The highest BCUT2D eigenvalue weighted by Crippen LogP contribution is 2.51. The summed E-state index contributed by atoms with van der Waals surface area (Å²) < 4.78 is 19.0. The number of anilines is 1. The second-order valence-electron chi connectivity index (χ2n) is 5.08. The van der Waals surface area contributed by atoms with Crippen LogP contribution in [0.15, 0.2) is 6.33 Å². The number of aromatic nitrogens is 4. The van der Waals surface area contributed by atoms with Crippen LogP contribution >= 0.6 is 7.94 Å². The maximum absolute atomic E-state index is 13.4. The molecule has 0 aromatic carbocycles. The first-order chi connectivity index (χ1) is 11.1. The normalized spacial score (nSPS) is 27.8. The average molecular weight is 364 g/mol. The maximum Gasteiger partial charge on any atom is 0.481 e. The third-order valence-electron chi connectivity index (χ3n) is 3.60. The van der Waals surface area contributed by atoms with Crippen LogP contribution < -0.4 is 5.73 Å². The van der Waals surface area contributed by atoms with Gasteiger partial charge in [-0.2, -0.15) is 29.0 Å². The largest absolute Gasteiger partial charge is 0.481 e. The van der Waals surface area contributed by atoms with Crippen LogP contribution in [-0.4, -0.2) is 68.8 Å². The lowest BCUT2D eigenvalue weighted by atomic mass is 10.0. The van der Waals surface area contributed by atoms with Crippen molar-refractivity contribution in [1.29, 1.82) is 0 Å². The fourth-order valence-electron chi connectivity index (χ4n) is 2.46. The number of nitrogen functional groups attached to an aromatic ring is 1. The van der Waals surface area contributed by atoms with E-state index in [2.05, 4.69) is 15.0 Å². The topological polar surface area (TPSA) is 197 Å². The zero-order chi connectivity index (χ0) is 17.9. The van der Waals surface area contributed by atoms with Crippen molar-refractivity contribution in [2.24, 2.45) is 0 Å². The highest BCUT2D eigenvalue weighted by Gasteiger charge is 2.64. The van der Waals surface area contributed by atoms with Crippen molar-refractivity contribution in [1.82, 2.24) is 19.5 Å². The van der Waals surface area contributed by atoms with E-state index in [1.807, 2.05) is 0 Å². The predicted octanol–water partition coefficient (Wildman–Crippen LogP) is -2.78. The number of rotatable bonds is 3. The van der Waals surface area contributed by atoms with Crippen LogP contribution in [0, 0.1) is 6.08 Å². The second kappa shape index (κ2) is 5.32. The number of halogens is 1. The lowest BCUT2D eigenvalue weighted by Gasteiger charge is -2.30. The Morgan fingerprint density at radius 3 is 2.75 bits per heavy atom. The molecule has 24 heavy (non-hydrogen) atoms.